The van der Waals surface area contributed by atoms with E-state index in [2.05, 4.69) is 5.10 Å². The van der Waals surface area contributed by atoms with Gasteiger partial charge in [-0.25, -0.2) is 0 Å². The third-order valence-electron chi connectivity index (χ3n) is 2.69. The van der Waals surface area contributed by atoms with E-state index in [9.17, 15) is 10.1 Å². The van der Waals surface area contributed by atoms with Crippen LogP contribution in [0.3, 0.4) is 0 Å². The van der Waals surface area contributed by atoms with Crippen LogP contribution in [-0.4, -0.2) is 14.7 Å². The summed E-state index contributed by atoms with van der Waals surface area (Å²) in [5.41, 5.74) is 0.679. The lowest BCUT2D eigenvalue weighted by Gasteiger charge is -2.07. The molecule has 0 aliphatic carbocycles. The molecule has 0 N–H and O–H groups in total. The van der Waals surface area contributed by atoms with E-state index >= 15 is 0 Å². The van der Waals surface area contributed by atoms with Crippen molar-refractivity contribution in [1.29, 1.82) is 0 Å². The van der Waals surface area contributed by atoms with Gasteiger partial charge in [0.05, 0.1) is 21.7 Å². The number of hydrogen-bond acceptors (Lipinski definition) is 4. The van der Waals surface area contributed by atoms with E-state index in [0.717, 1.165) is 5.69 Å². The molecule has 7 heteroatoms. The van der Waals surface area contributed by atoms with E-state index in [1.165, 1.54) is 18.2 Å². The Morgan fingerprint density at radius 1 is 1.45 bits per heavy atom. The lowest BCUT2D eigenvalue weighted by Crippen LogP contribution is -2.03. The minimum Gasteiger partial charge on any atom is -0.485 e. The molecule has 0 spiro atoms. The molecule has 0 amide bonds. The van der Waals surface area contributed by atoms with Crippen molar-refractivity contribution in [2.75, 3.05) is 0 Å². The van der Waals surface area contributed by atoms with Gasteiger partial charge in [-0.15, -0.1) is 0 Å². The van der Waals surface area contributed by atoms with Gasteiger partial charge in [0.15, 0.2) is 0 Å². The first-order valence-electron chi connectivity index (χ1n) is 6.08. The first-order chi connectivity index (χ1) is 9.47. The second-order valence-electron chi connectivity index (χ2n) is 4.54. The van der Waals surface area contributed by atoms with Crippen LogP contribution in [0.2, 0.25) is 5.02 Å². The molecule has 2 aromatic rings. The van der Waals surface area contributed by atoms with Gasteiger partial charge >= 0.3 is 0 Å². The van der Waals surface area contributed by atoms with Crippen molar-refractivity contribution in [3.63, 3.8) is 0 Å². The van der Waals surface area contributed by atoms with Gasteiger partial charge < -0.3 is 4.74 Å². The molecule has 0 saturated carbocycles. The van der Waals surface area contributed by atoms with E-state index in [4.69, 9.17) is 16.3 Å². The van der Waals surface area contributed by atoms with Gasteiger partial charge in [-0.1, -0.05) is 11.6 Å². The first kappa shape index (κ1) is 14.3. The molecule has 1 aromatic carbocycles. The van der Waals surface area contributed by atoms with Crippen LogP contribution in [0.4, 0.5) is 5.69 Å². The summed E-state index contributed by atoms with van der Waals surface area (Å²) in [4.78, 5) is 10.2. The zero-order valence-electron chi connectivity index (χ0n) is 11.1. The number of nitrogens with zero attached hydrogens (tertiary/aromatic N) is 3. The number of non-ortho nitro benzene ring substituents is 1. The highest BCUT2D eigenvalue weighted by Gasteiger charge is 2.11. The summed E-state index contributed by atoms with van der Waals surface area (Å²) >= 11 is 5.95. The summed E-state index contributed by atoms with van der Waals surface area (Å²) in [7, 11) is 0. The molecule has 1 heterocycles. The fourth-order valence-corrected chi connectivity index (χ4v) is 1.78. The number of aromatic nitrogens is 2. The number of nitro groups is 1. The van der Waals surface area contributed by atoms with E-state index in [-0.39, 0.29) is 24.1 Å². The number of benzene rings is 1. The van der Waals surface area contributed by atoms with Crippen molar-refractivity contribution in [3.8, 4) is 5.75 Å². The summed E-state index contributed by atoms with van der Waals surface area (Å²) in [6, 6.07) is 6.20. The van der Waals surface area contributed by atoms with Gasteiger partial charge in [0.2, 0.25) is 0 Å². The van der Waals surface area contributed by atoms with Crippen LogP contribution in [0.15, 0.2) is 30.5 Å². The third-order valence-corrected chi connectivity index (χ3v) is 3.01. The van der Waals surface area contributed by atoms with Crippen molar-refractivity contribution < 1.29 is 9.66 Å². The Kier molecular flexibility index (Phi) is 4.24. The average Bonchev–Trinajstić information content (AvgIpc) is 2.86. The molecule has 106 valence electrons. The summed E-state index contributed by atoms with van der Waals surface area (Å²) in [5, 5.41) is 15.4. The summed E-state index contributed by atoms with van der Waals surface area (Å²) in [5.74, 6) is 0.278. The second kappa shape index (κ2) is 5.92. The Morgan fingerprint density at radius 2 is 2.20 bits per heavy atom. The van der Waals surface area contributed by atoms with Gasteiger partial charge in [-0.05, 0) is 26.0 Å². The van der Waals surface area contributed by atoms with E-state index in [1.807, 2.05) is 30.8 Å². The SMILES string of the molecule is CC(C)n1ccc(COc2cc([N+](=O)[O-])ccc2Cl)n1. The molecule has 0 unspecified atom stereocenters. The number of halogens is 1. The van der Waals surface area contributed by atoms with Crippen LogP contribution < -0.4 is 4.74 Å². The maximum atomic E-state index is 10.7. The van der Waals surface area contributed by atoms with Gasteiger partial charge in [-0.2, -0.15) is 5.10 Å². The summed E-state index contributed by atoms with van der Waals surface area (Å²) in [6.07, 6.45) is 1.86. The molecular weight excluding hydrogens is 282 g/mol. The molecule has 0 bridgehead atoms. The zero-order valence-corrected chi connectivity index (χ0v) is 11.9. The Labute approximate surface area is 121 Å². The lowest BCUT2D eigenvalue weighted by molar-refractivity contribution is -0.384. The molecule has 0 radical (unpaired) electrons. The molecule has 0 atom stereocenters. The fourth-order valence-electron chi connectivity index (χ4n) is 1.61. The fraction of sp³-hybridized carbons (Fsp3) is 0.308. The maximum absolute atomic E-state index is 10.7. The number of nitro benzene ring substituents is 1. The first-order valence-corrected chi connectivity index (χ1v) is 6.46. The number of rotatable bonds is 5. The highest BCUT2D eigenvalue weighted by atomic mass is 35.5. The molecule has 6 nitrogen and oxygen atoms in total. The summed E-state index contributed by atoms with van der Waals surface area (Å²) in [6.45, 7) is 4.25. The van der Waals surface area contributed by atoms with Crippen LogP contribution in [0.1, 0.15) is 25.6 Å². The maximum Gasteiger partial charge on any atom is 0.273 e. The van der Waals surface area contributed by atoms with E-state index in [0.29, 0.717) is 5.02 Å². The average molecular weight is 296 g/mol. The Balaban J connectivity index is 2.09. The Morgan fingerprint density at radius 3 is 2.80 bits per heavy atom. The van der Waals surface area contributed by atoms with Crippen molar-refractivity contribution >= 4 is 17.3 Å². The topological polar surface area (TPSA) is 70.2 Å². The van der Waals surface area contributed by atoms with Crippen molar-refractivity contribution in [2.45, 2.75) is 26.5 Å². The largest absolute Gasteiger partial charge is 0.485 e. The predicted octanol–water partition coefficient (Wildman–Crippen LogP) is 3.60. The van der Waals surface area contributed by atoms with Crippen molar-refractivity contribution in [2.24, 2.45) is 0 Å². The second-order valence-corrected chi connectivity index (χ2v) is 4.95. The monoisotopic (exact) mass is 295 g/mol. The highest BCUT2D eigenvalue weighted by Crippen LogP contribution is 2.29. The Hall–Kier alpha value is -2.08. The molecular formula is C13H14ClN3O3. The van der Waals surface area contributed by atoms with Gasteiger partial charge in [0.25, 0.3) is 5.69 Å². The number of ether oxygens (including phenoxy) is 1. The normalized spacial score (nSPS) is 10.8. The molecule has 2 rings (SSSR count). The standard InChI is InChI=1S/C13H14ClN3O3/c1-9(2)16-6-5-10(15-16)8-20-13-7-11(17(18)19)3-4-12(13)14/h3-7,9H,8H2,1-2H3. The molecule has 0 saturated heterocycles. The van der Waals surface area contributed by atoms with Gasteiger partial charge in [-0.3, -0.25) is 14.8 Å². The van der Waals surface area contributed by atoms with Crippen LogP contribution in [0.25, 0.3) is 0 Å². The lowest BCUT2D eigenvalue weighted by atomic mass is 10.3. The molecule has 0 aliphatic rings. The predicted molar refractivity (Wildman–Crippen MR) is 75.1 cm³/mol. The zero-order chi connectivity index (χ0) is 14.7. The van der Waals surface area contributed by atoms with Crippen LogP contribution in [-0.2, 0) is 6.61 Å². The highest BCUT2D eigenvalue weighted by molar-refractivity contribution is 6.32. The minimum absolute atomic E-state index is 0.0582. The molecule has 1 aromatic heterocycles. The van der Waals surface area contributed by atoms with Crippen LogP contribution in [0.5, 0.6) is 5.75 Å². The summed E-state index contributed by atoms with van der Waals surface area (Å²) < 4.78 is 7.31. The van der Waals surface area contributed by atoms with E-state index < -0.39 is 4.92 Å². The smallest absolute Gasteiger partial charge is 0.273 e. The molecule has 0 fully saturated rings. The third kappa shape index (κ3) is 3.27. The Bertz CT molecular complexity index is 625. The van der Waals surface area contributed by atoms with Crippen molar-refractivity contribution in [3.05, 3.63) is 51.3 Å². The number of hydrogen-bond donors (Lipinski definition) is 0. The van der Waals surface area contributed by atoms with Crippen LogP contribution >= 0.6 is 11.6 Å². The van der Waals surface area contributed by atoms with Crippen LogP contribution in [0, 0.1) is 10.1 Å². The molecule has 0 aliphatic heterocycles. The van der Waals surface area contributed by atoms with E-state index in [1.54, 1.807) is 0 Å². The quantitative estimate of drug-likeness (QED) is 0.624. The minimum atomic E-state index is -0.489. The van der Waals surface area contributed by atoms with Gasteiger partial charge in [0, 0.05) is 18.3 Å². The molecule has 20 heavy (non-hydrogen) atoms. The van der Waals surface area contributed by atoms with Gasteiger partial charge in [0.1, 0.15) is 12.4 Å². The van der Waals surface area contributed by atoms with Crippen molar-refractivity contribution in [1.82, 2.24) is 9.78 Å².